The number of anilines is 1. The minimum atomic E-state index is -1.02. The van der Waals surface area contributed by atoms with E-state index < -0.39 is 18.0 Å². The van der Waals surface area contributed by atoms with Crippen molar-refractivity contribution in [1.29, 1.82) is 0 Å². The van der Waals surface area contributed by atoms with E-state index in [0.29, 0.717) is 62.7 Å². The molecule has 4 aliphatic rings. The zero-order chi connectivity index (χ0) is 33.4. The molecule has 3 aromatic rings. The molecule has 3 aliphatic heterocycles. The Morgan fingerprint density at radius 1 is 0.917 bits per heavy atom. The molecule has 1 aromatic heterocycles. The summed E-state index contributed by atoms with van der Waals surface area (Å²) < 4.78 is 13.0. The molecule has 0 spiro atoms. The highest BCUT2D eigenvalue weighted by atomic mass is 16.6. The molecule has 48 heavy (non-hydrogen) atoms. The number of piperazine rings is 1. The van der Waals surface area contributed by atoms with Gasteiger partial charge in [0, 0.05) is 77.1 Å². The maximum Gasteiger partial charge on any atom is 0.419 e. The molecule has 256 valence electrons. The van der Waals surface area contributed by atoms with Gasteiger partial charge in [-0.25, -0.2) is 14.4 Å². The average molecular weight is 659 g/mol. The van der Waals surface area contributed by atoms with Crippen molar-refractivity contribution in [3.8, 4) is 0 Å². The van der Waals surface area contributed by atoms with Crippen molar-refractivity contribution in [3.05, 3.63) is 63.6 Å². The van der Waals surface area contributed by atoms with Gasteiger partial charge in [0.2, 0.25) is 0 Å². The highest BCUT2D eigenvalue weighted by molar-refractivity contribution is 5.91. The fourth-order valence-corrected chi connectivity index (χ4v) is 8.17. The molecule has 1 atom stereocenters. The van der Waals surface area contributed by atoms with Crippen LogP contribution in [0.5, 0.6) is 0 Å². The molecule has 1 unspecified atom stereocenters. The number of hydrogen-bond acceptors (Lipinski definition) is 7. The van der Waals surface area contributed by atoms with Gasteiger partial charge in [0.25, 0.3) is 5.91 Å². The Hall–Kier alpha value is -4.32. The molecule has 12 heteroatoms. The van der Waals surface area contributed by atoms with Gasteiger partial charge in [-0.1, -0.05) is 37.1 Å². The van der Waals surface area contributed by atoms with E-state index in [1.54, 1.807) is 18.0 Å². The van der Waals surface area contributed by atoms with Gasteiger partial charge in [-0.2, -0.15) is 0 Å². The molecule has 4 amide bonds. The lowest BCUT2D eigenvalue weighted by Crippen LogP contribution is -2.55. The Balaban J connectivity index is 1.03. The number of amides is 4. The van der Waals surface area contributed by atoms with Crippen LogP contribution in [0.15, 0.2) is 45.6 Å². The number of carbonyl (C=O) groups is 3. The number of hydrogen-bond donors (Lipinski definition) is 1. The molecule has 4 heterocycles. The Morgan fingerprint density at radius 2 is 1.65 bits per heavy atom. The number of urea groups is 1. The first-order valence-electron chi connectivity index (χ1n) is 17.5. The first-order chi connectivity index (χ1) is 23.2. The van der Waals surface area contributed by atoms with Gasteiger partial charge < -0.3 is 29.2 Å². The second-order valence-corrected chi connectivity index (χ2v) is 13.8. The van der Waals surface area contributed by atoms with Crippen molar-refractivity contribution < 1.29 is 23.5 Å². The average Bonchev–Trinajstić information content (AvgIpc) is 3.69. The Bertz CT molecular complexity index is 1730. The summed E-state index contributed by atoms with van der Waals surface area (Å²) in [6.07, 6.45) is 5.64. The van der Waals surface area contributed by atoms with Crippen LogP contribution in [-0.4, -0.2) is 106 Å². The maximum absolute atomic E-state index is 14.1. The van der Waals surface area contributed by atoms with E-state index in [1.165, 1.54) is 30.3 Å². The zero-order valence-electron chi connectivity index (χ0n) is 28.0. The van der Waals surface area contributed by atoms with Crippen molar-refractivity contribution in [2.75, 3.05) is 51.1 Å². The SMILES string of the molecule is Cc1cc(CC(OC(=O)N2CCC(N3CCc4ccccc4NC3=O)CC2)C(=O)N2CCN(C3CCCC3)CC2)cc2oc(=O)n(C)c12. The third-order valence-electron chi connectivity index (χ3n) is 10.8. The number of carbonyl (C=O) groups excluding carboxylic acids is 3. The van der Waals surface area contributed by atoms with Crippen LogP contribution >= 0.6 is 0 Å². The number of aryl methyl sites for hydroxylation is 2. The summed E-state index contributed by atoms with van der Waals surface area (Å²) >= 11 is 0. The minimum Gasteiger partial charge on any atom is -0.436 e. The lowest BCUT2D eigenvalue weighted by atomic mass is 10.0. The molecular formula is C36H46N6O6. The van der Waals surface area contributed by atoms with E-state index in [0.717, 1.165) is 41.9 Å². The van der Waals surface area contributed by atoms with Gasteiger partial charge in [0.1, 0.15) is 0 Å². The summed E-state index contributed by atoms with van der Waals surface area (Å²) in [6.45, 7) is 6.22. The number of ether oxygens (including phenoxy) is 1. The van der Waals surface area contributed by atoms with Gasteiger partial charge in [0.15, 0.2) is 11.7 Å². The highest BCUT2D eigenvalue weighted by Crippen LogP contribution is 2.27. The molecule has 1 saturated carbocycles. The van der Waals surface area contributed by atoms with Crippen molar-refractivity contribution in [1.82, 2.24) is 24.2 Å². The summed E-state index contributed by atoms with van der Waals surface area (Å²) in [5.41, 5.74) is 4.73. The van der Waals surface area contributed by atoms with Crippen molar-refractivity contribution >= 4 is 34.8 Å². The van der Waals surface area contributed by atoms with E-state index in [-0.39, 0.29) is 24.4 Å². The molecule has 7 rings (SSSR count). The van der Waals surface area contributed by atoms with Crippen LogP contribution < -0.4 is 11.1 Å². The summed E-state index contributed by atoms with van der Waals surface area (Å²) in [5, 5.41) is 3.05. The van der Waals surface area contributed by atoms with Crippen LogP contribution in [0.4, 0.5) is 15.3 Å². The fourth-order valence-electron chi connectivity index (χ4n) is 8.17. The van der Waals surface area contributed by atoms with Crippen LogP contribution in [0.25, 0.3) is 11.1 Å². The number of oxazole rings is 1. The van der Waals surface area contributed by atoms with E-state index in [4.69, 9.17) is 9.15 Å². The van der Waals surface area contributed by atoms with Crippen molar-refractivity contribution in [2.45, 2.75) is 76.5 Å². The van der Waals surface area contributed by atoms with E-state index in [1.807, 2.05) is 47.1 Å². The van der Waals surface area contributed by atoms with Crippen LogP contribution in [0.3, 0.4) is 0 Å². The molecule has 1 aliphatic carbocycles. The van der Waals surface area contributed by atoms with Crippen molar-refractivity contribution in [3.63, 3.8) is 0 Å². The maximum atomic E-state index is 14.1. The van der Waals surface area contributed by atoms with Crippen molar-refractivity contribution in [2.24, 2.45) is 7.05 Å². The molecular weight excluding hydrogens is 612 g/mol. The van der Waals surface area contributed by atoms with Gasteiger partial charge >= 0.3 is 17.9 Å². The van der Waals surface area contributed by atoms with Gasteiger partial charge in [-0.05, 0) is 67.9 Å². The lowest BCUT2D eigenvalue weighted by Gasteiger charge is -2.40. The normalized spacial score (nSPS) is 20.5. The van der Waals surface area contributed by atoms with Crippen LogP contribution in [0.1, 0.15) is 55.2 Å². The third kappa shape index (κ3) is 6.54. The quantitative estimate of drug-likeness (QED) is 0.423. The van der Waals surface area contributed by atoms with Crippen LogP contribution in [-0.2, 0) is 29.4 Å². The third-order valence-corrected chi connectivity index (χ3v) is 10.8. The summed E-state index contributed by atoms with van der Waals surface area (Å²) in [6, 6.07) is 12.1. The Kier molecular flexibility index (Phi) is 9.17. The van der Waals surface area contributed by atoms with Crippen LogP contribution in [0, 0.1) is 6.92 Å². The number of para-hydroxylation sites is 1. The molecule has 0 bridgehead atoms. The number of piperidine rings is 1. The smallest absolute Gasteiger partial charge is 0.419 e. The number of fused-ring (bicyclic) bond motifs is 2. The lowest BCUT2D eigenvalue weighted by molar-refractivity contribution is -0.143. The highest BCUT2D eigenvalue weighted by Gasteiger charge is 2.36. The molecule has 2 aromatic carbocycles. The van der Waals surface area contributed by atoms with E-state index in [9.17, 15) is 19.2 Å². The number of benzene rings is 2. The summed E-state index contributed by atoms with van der Waals surface area (Å²) in [5.74, 6) is -0.646. The molecule has 1 N–H and O–H groups in total. The Morgan fingerprint density at radius 3 is 2.40 bits per heavy atom. The van der Waals surface area contributed by atoms with E-state index in [2.05, 4.69) is 10.2 Å². The fraction of sp³-hybridized carbons (Fsp3) is 0.556. The monoisotopic (exact) mass is 658 g/mol. The van der Waals surface area contributed by atoms with E-state index >= 15 is 0 Å². The number of rotatable bonds is 6. The van der Waals surface area contributed by atoms with Gasteiger partial charge in [-0.15, -0.1) is 0 Å². The number of likely N-dealkylation sites (tertiary alicyclic amines) is 1. The second kappa shape index (κ2) is 13.7. The van der Waals surface area contributed by atoms with Crippen LogP contribution in [0.2, 0.25) is 0 Å². The summed E-state index contributed by atoms with van der Waals surface area (Å²) in [7, 11) is 1.67. The predicted molar refractivity (Wildman–Crippen MR) is 181 cm³/mol. The molecule has 12 nitrogen and oxygen atoms in total. The van der Waals surface area contributed by atoms with Gasteiger partial charge in [-0.3, -0.25) is 14.3 Å². The molecule has 3 fully saturated rings. The molecule has 2 saturated heterocycles. The molecule has 0 radical (unpaired) electrons. The first-order valence-corrected chi connectivity index (χ1v) is 17.5. The number of aromatic nitrogens is 1. The topological polar surface area (TPSA) is 121 Å². The standard InChI is InChI=1S/C36H46N6O6/c1-24-21-25(22-30-32(24)38(2)35(45)47-30)23-31(33(43)40-19-17-39(18-20-40)27-8-4-5-9-27)48-36(46)41-14-12-28(13-15-41)42-16-11-26-7-3-6-10-29(26)37-34(42)44/h3,6-7,10,21-22,27-28,31H,4-5,8-9,11-20,23H2,1-2H3,(H,37,44). The number of nitrogens with one attached hydrogen (secondary N) is 1. The summed E-state index contributed by atoms with van der Waals surface area (Å²) in [4.78, 5) is 60.9. The largest absolute Gasteiger partial charge is 0.436 e. The Labute approximate surface area is 280 Å². The minimum absolute atomic E-state index is 0.00665. The van der Waals surface area contributed by atoms with Gasteiger partial charge in [0.05, 0.1) is 5.52 Å². The first kappa shape index (κ1) is 32.2. The zero-order valence-corrected chi connectivity index (χ0v) is 28.0. The second-order valence-electron chi connectivity index (χ2n) is 13.8. The number of nitrogens with zero attached hydrogens (tertiary/aromatic N) is 5. The predicted octanol–water partition coefficient (Wildman–Crippen LogP) is 4.13.